The molecular formula is C33H38N2O4. The molecule has 4 bridgehead atoms. The van der Waals surface area contributed by atoms with Crippen LogP contribution in [0, 0.1) is 17.3 Å². The van der Waals surface area contributed by atoms with Gasteiger partial charge in [-0.1, -0.05) is 48.6 Å². The van der Waals surface area contributed by atoms with Crippen molar-refractivity contribution >= 4 is 5.91 Å². The third-order valence-electron chi connectivity index (χ3n) is 11.1. The highest BCUT2D eigenvalue weighted by Crippen LogP contribution is 2.74. The summed E-state index contributed by atoms with van der Waals surface area (Å²) >= 11 is 0. The fourth-order valence-electron chi connectivity index (χ4n) is 9.22. The molecule has 2 aliphatic heterocycles. The Morgan fingerprint density at radius 2 is 1.95 bits per heavy atom. The Bertz CT molecular complexity index is 1350. The minimum absolute atomic E-state index is 0.0721. The highest BCUT2D eigenvalue weighted by molar-refractivity contribution is 5.82. The summed E-state index contributed by atoms with van der Waals surface area (Å²) in [6.45, 7) is 2.69. The van der Waals surface area contributed by atoms with E-state index < -0.39 is 23.0 Å². The Morgan fingerprint density at radius 3 is 2.77 bits per heavy atom. The van der Waals surface area contributed by atoms with Crippen molar-refractivity contribution in [3.05, 3.63) is 71.3 Å². The number of hydrogen-bond donors (Lipinski definition) is 3. The number of ether oxygens (including phenoxy) is 1. The van der Waals surface area contributed by atoms with Gasteiger partial charge in [-0.25, -0.2) is 0 Å². The number of aliphatic hydroxyl groups is 1. The predicted molar refractivity (Wildman–Crippen MR) is 148 cm³/mol. The van der Waals surface area contributed by atoms with Gasteiger partial charge >= 0.3 is 0 Å². The van der Waals surface area contributed by atoms with E-state index in [1.165, 1.54) is 24.0 Å². The van der Waals surface area contributed by atoms with E-state index in [0.717, 1.165) is 56.7 Å². The minimum atomic E-state index is -1.40. The molecule has 204 valence electrons. The highest BCUT2D eigenvalue weighted by Gasteiger charge is 2.79. The molecule has 2 saturated carbocycles. The normalized spacial score (nSPS) is 36.9. The number of carbonyl (C=O) groups is 1. The van der Waals surface area contributed by atoms with E-state index in [2.05, 4.69) is 46.6 Å². The topological polar surface area (TPSA) is 82.0 Å². The molecule has 0 aromatic heterocycles. The maximum atomic E-state index is 13.8. The summed E-state index contributed by atoms with van der Waals surface area (Å²) in [4.78, 5) is 16.5. The average Bonchev–Trinajstić information content (AvgIpc) is 3.68. The lowest BCUT2D eigenvalue weighted by Gasteiger charge is -2.70. The molecule has 6 atom stereocenters. The van der Waals surface area contributed by atoms with Gasteiger partial charge in [0.15, 0.2) is 11.5 Å². The van der Waals surface area contributed by atoms with Crippen LogP contribution < -0.4 is 10.1 Å². The zero-order valence-electron chi connectivity index (χ0n) is 22.4. The third kappa shape index (κ3) is 3.19. The van der Waals surface area contributed by atoms with Crippen LogP contribution in [0.15, 0.2) is 54.6 Å². The molecule has 2 heterocycles. The smallest absolute Gasteiger partial charge is 0.226 e. The number of piperidine rings is 1. The van der Waals surface area contributed by atoms with E-state index in [0.29, 0.717) is 18.7 Å². The number of rotatable bonds is 8. The number of benzene rings is 2. The van der Waals surface area contributed by atoms with Crippen LogP contribution >= 0.6 is 0 Å². The van der Waals surface area contributed by atoms with Crippen LogP contribution in [-0.4, -0.2) is 58.4 Å². The molecule has 1 saturated heterocycles. The monoisotopic (exact) mass is 526 g/mol. The Morgan fingerprint density at radius 1 is 1.10 bits per heavy atom. The average molecular weight is 527 g/mol. The lowest BCUT2D eigenvalue weighted by atomic mass is 9.37. The molecule has 2 aromatic rings. The van der Waals surface area contributed by atoms with E-state index in [4.69, 9.17) is 4.74 Å². The molecule has 5 aliphatic carbocycles. The number of nitrogens with zero attached hydrogens (tertiary/aromatic N) is 1. The van der Waals surface area contributed by atoms with E-state index in [9.17, 15) is 15.0 Å². The first-order valence-electron chi connectivity index (χ1n) is 15.0. The zero-order valence-corrected chi connectivity index (χ0v) is 22.4. The van der Waals surface area contributed by atoms with Gasteiger partial charge in [-0.05, 0) is 81.0 Å². The fraction of sp³-hybridized carbons (Fsp3) is 0.545. The quantitative estimate of drug-likeness (QED) is 0.359. The maximum absolute atomic E-state index is 13.8. The van der Waals surface area contributed by atoms with Crippen molar-refractivity contribution in [1.82, 2.24) is 10.2 Å². The molecule has 3 N–H and O–H groups in total. The van der Waals surface area contributed by atoms with Crippen molar-refractivity contribution in [3.63, 3.8) is 0 Å². The molecule has 7 aliphatic rings. The van der Waals surface area contributed by atoms with Crippen LogP contribution in [0.3, 0.4) is 0 Å². The van der Waals surface area contributed by atoms with Crippen molar-refractivity contribution in [2.45, 2.75) is 74.5 Å². The van der Waals surface area contributed by atoms with E-state index >= 15 is 0 Å². The first-order valence-corrected chi connectivity index (χ1v) is 15.0. The number of phenols is 1. The number of amides is 1. The van der Waals surface area contributed by atoms with Crippen LogP contribution in [-0.2, 0) is 23.1 Å². The molecule has 9 rings (SSSR count). The summed E-state index contributed by atoms with van der Waals surface area (Å²) < 4.78 is 6.59. The zero-order chi connectivity index (χ0) is 26.4. The van der Waals surface area contributed by atoms with E-state index in [1.807, 2.05) is 12.1 Å². The second kappa shape index (κ2) is 8.34. The van der Waals surface area contributed by atoms with Crippen molar-refractivity contribution < 1.29 is 19.7 Å². The van der Waals surface area contributed by atoms with Crippen LogP contribution in [0.1, 0.15) is 55.2 Å². The largest absolute Gasteiger partial charge is 0.504 e. The van der Waals surface area contributed by atoms with Crippen LogP contribution in [0.2, 0.25) is 0 Å². The Hall–Kier alpha value is -2.83. The molecule has 6 nitrogen and oxygen atoms in total. The summed E-state index contributed by atoms with van der Waals surface area (Å²) in [5.74, 6) is 0.827. The summed E-state index contributed by atoms with van der Waals surface area (Å²) in [7, 11) is 0. The number of aromatic hydroxyl groups is 1. The van der Waals surface area contributed by atoms with Gasteiger partial charge in [0.05, 0.1) is 11.3 Å². The standard InChI is InChI=1S/C33H38N2O4/c36-25-12-11-23-18-26-31-13-14-33(38,24(19-31)29(37)34-16-5-4-8-21-6-2-1-3-7-21)30-32(31,27(23)28(25)39-30)15-17-35(26)20-22-9-10-22/h1-3,6-7,11-14,22,24,26,30,36,38H,4-5,8-10,15-20H2,(H,34,37). The van der Waals surface area contributed by atoms with Gasteiger partial charge in [-0.2, -0.15) is 0 Å². The van der Waals surface area contributed by atoms with Crippen LogP contribution in [0.4, 0.5) is 0 Å². The van der Waals surface area contributed by atoms with Gasteiger partial charge in [0.2, 0.25) is 5.91 Å². The van der Waals surface area contributed by atoms with Gasteiger partial charge < -0.3 is 20.3 Å². The van der Waals surface area contributed by atoms with Crippen LogP contribution in [0.5, 0.6) is 11.5 Å². The van der Waals surface area contributed by atoms with Gasteiger partial charge in [0, 0.05) is 30.1 Å². The van der Waals surface area contributed by atoms with Crippen LogP contribution in [0.25, 0.3) is 0 Å². The third-order valence-corrected chi connectivity index (χ3v) is 11.1. The number of hydrogen-bond acceptors (Lipinski definition) is 5. The molecule has 1 amide bonds. The highest BCUT2D eigenvalue weighted by atomic mass is 16.5. The molecule has 6 heteroatoms. The summed E-state index contributed by atoms with van der Waals surface area (Å²) in [6, 6.07) is 14.5. The molecule has 39 heavy (non-hydrogen) atoms. The van der Waals surface area contributed by atoms with Gasteiger partial charge in [0.25, 0.3) is 0 Å². The van der Waals surface area contributed by atoms with Gasteiger partial charge in [0.1, 0.15) is 11.7 Å². The molecule has 2 aromatic carbocycles. The molecule has 6 unspecified atom stereocenters. The summed E-state index contributed by atoms with van der Waals surface area (Å²) in [5, 5.41) is 26.4. The fourth-order valence-corrected chi connectivity index (χ4v) is 9.22. The van der Waals surface area contributed by atoms with Gasteiger partial charge in [-0.3, -0.25) is 9.69 Å². The number of nitrogens with one attached hydrogen (secondary N) is 1. The summed E-state index contributed by atoms with van der Waals surface area (Å²) in [5.41, 5.74) is 1.56. The first-order chi connectivity index (χ1) is 19.0. The number of likely N-dealkylation sites (tertiary alicyclic amines) is 1. The first kappa shape index (κ1) is 24.0. The van der Waals surface area contributed by atoms with Gasteiger partial charge in [-0.15, -0.1) is 0 Å². The van der Waals surface area contributed by atoms with Crippen molar-refractivity contribution in [2.24, 2.45) is 17.3 Å². The minimum Gasteiger partial charge on any atom is -0.504 e. The van der Waals surface area contributed by atoms with Crippen molar-refractivity contribution in [3.8, 4) is 11.5 Å². The number of carbonyl (C=O) groups excluding carboxylic acids is 1. The lowest BCUT2D eigenvalue weighted by molar-refractivity contribution is -0.206. The molecule has 0 radical (unpaired) electrons. The number of aryl methyl sites for hydroxylation is 1. The second-order valence-corrected chi connectivity index (χ2v) is 13.1. The maximum Gasteiger partial charge on any atom is 0.226 e. The summed E-state index contributed by atoms with van der Waals surface area (Å²) in [6.07, 6.45) is 11.5. The molecular weight excluding hydrogens is 488 g/mol. The number of unbranched alkanes of at least 4 members (excludes halogenated alkanes) is 1. The van der Waals surface area contributed by atoms with Crippen molar-refractivity contribution in [1.29, 1.82) is 0 Å². The van der Waals surface area contributed by atoms with E-state index in [1.54, 1.807) is 6.07 Å². The number of phenolic OH excluding ortho intramolecular Hbond substituents is 1. The Balaban J connectivity index is 1.09. The predicted octanol–water partition coefficient (Wildman–Crippen LogP) is 3.88. The Kier molecular flexibility index (Phi) is 5.13. The lowest BCUT2D eigenvalue weighted by Crippen LogP contribution is -2.80. The van der Waals surface area contributed by atoms with E-state index in [-0.39, 0.29) is 23.1 Å². The second-order valence-electron chi connectivity index (χ2n) is 13.1. The molecule has 3 fully saturated rings. The SMILES string of the molecule is O=C(NCCCCc1ccccc1)C1CC23C=CC1(O)C1Oc4c(O)ccc5c4C12CCN(CC1CC1)C3C5. The Labute approximate surface area is 230 Å². The number of fused-ring (bicyclic) bond motifs is 1. The van der Waals surface area contributed by atoms with Crippen molar-refractivity contribution in [2.75, 3.05) is 19.6 Å². The molecule has 2 spiro atoms.